The van der Waals surface area contributed by atoms with Crippen molar-refractivity contribution in [3.63, 3.8) is 0 Å². The molecule has 1 aromatic heterocycles. The average molecular weight is 490 g/mol. The van der Waals surface area contributed by atoms with Crippen molar-refractivity contribution in [3.05, 3.63) is 77.9 Å². The minimum Gasteiger partial charge on any atom is -0.497 e. The third-order valence-corrected chi connectivity index (χ3v) is 6.53. The number of carbonyl (C=O) groups excluding carboxylic acids is 1. The number of benzene rings is 3. The SMILES string of the molecule is COc1ccc(OC)c(C(=O)CSc2nnc(-c3ccccc3)n2Cc2ccc3c(c2)OCO3)c1. The smallest absolute Gasteiger partial charge is 0.231 e. The van der Waals surface area contributed by atoms with E-state index in [1.807, 2.05) is 53.1 Å². The maximum atomic E-state index is 13.1. The highest BCUT2D eigenvalue weighted by Gasteiger charge is 2.20. The van der Waals surface area contributed by atoms with Crippen LogP contribution in [0.1, 0.15) is 15.9 Å². The second-order valence-electron chi connectivity index (χ2n) is 7.72. The van der Waals surface area contributed by atoms with Crippen LogP contribution in [-0.2, 0) is 6.54 Å². The minimum atomic E-state index is -0.0929. The van der Waals surface area contributed by atoms with Crippen molar-refractivity contribution in [3.8, 4) is 34.4 Å². The summed E-state index contributed by atoms with van der Waals surface area (Å²) in [5.74, 6) is 3.33. The van der Waals surface area contributed by atoms with Gasteiger partial charge < -0.3 is 18.9 Å². The zero-order chi connectivity index (χ0) is 24.2. The Labute approximate surface area is 206 Å². The Morgan fingerprint density at radius 1 is 0.971 bits per heavy atom. The van der Waals surface area contributed by atoms with Crippen molar-refractivity contribution in [2.75, 3.05) is 26.8 Å². The van der Waals surface area contributed by atoms with Gasteiger partial charge >= 0.3 is 0 Å². The quantitative estimate of drug-likeness (QED) is 0.247. The summed E-state index contributed by atoms with van der Waals surface area (Å²) >= 11 is 1.33. The third kappa shape index (κ3) is 4.81. The summed E-state index contributed by atoms with van der Waals surface area (Å²) in [6.07, 6.45) is 0. The molecule has 35 heavy (non-hydrogen) atoms. The van der Waals surface area contributed by atoms with Gasteiger partial charge in [0.25, 0.3) is 0 Å². The molecule has 0 aliphatic carbocycles. The number of ketones is 1. The molecule has 0 amide bonds. The molecule has 0 spiro atoms. The van der Waals surface area contributed by atoms with E-state index in [2.05, 4.69) is 10.2 Å². The number of rotatable bonds is 9. The van der Waals surface area contributed by atoms with Crippen molar-refractivity contribution < 1.29 is 23.7 Å². The standard InChI is InChI=1S/C26H23N3O5S/c1-31-19-9-11-22(32-2)20(13-19)21(30)15-35-26-28-27-25(18-6-4-3-5-7-18)29(26)14-17-8-10-23-24(12-17)34-16-33-23/h3-13H,14-16H2,1-2H3. The predicted octanol–water partition coefficient (Wildman–Crippen LogP) is 4.71. The van der Waals surface area contributed by atoms with E-state index in [1.54, 1.807) is 32.4 Å². The van der Waals surface area contributed by atoms with E-state index in [0.717, 1.165) is 22.7 Å². The Bertz CT molecular complexity index is 1360. The first-order valence-electron chi connectivity index (χ1n) is 10.9. The van der Waals surface area contributed by atoms with Crippen LogP contribution in [-0.4, -0.2) is 47.3 Å². The summed E-state index contributed by atoms with van der Waals surface area (Å²) in [6, 6.07) is 20.9. The van der Waals surface area contributed by atoms with Crippen LogP contribution in [0.25, 0.3) is 11.4 Å². The van der Waals surface area contributed by atoms with Gasteiger partial charge in [0, 0.05) is 5.56 Å². The molecule has 4 aromatic rings. The zero-order valence-corrected chi connectivity index (χ0v) is 20.1. The number of thioether (sulfide) groups is 1. The Balaban J connectivity index is 1.43. The van der Waals surface area contributed by atoms with E-state index in [1.165, 1.54) is 11.8 Å². The predicted molar refractivity (Wildman–Crippen MR) is 132 cm³/mol. The fourth-order valence-electron chi connectivity index (χ4n) is 3.80. The fourth-order valence-corrected chi connectivity index (χ4v) is 4.62. The van der Waals surface area contributed by atoms with Crippen LogP contribution in [0.3, 0.4) is 0 Å². The Hall–Kier alpha value is -3.98. The normalized spacial score (nSPS) is 11.9. The van der Waals surface area contributed by atoms with Crippen LogP contribution < -0.4 is 18.9 Å². The van der Waals surface area contributed by atoms with E-state index in [9.17, 15) is 4.79 Å². The summed E-state index contributed by atoms with van der Waals surface area (Å²) in [5, 5.41) is 9.50. The second-order valence-corrected chi connectivity index (χ2v) is 8.67. The Kier molecular flexibility index (Phi) is 6.58. The molecular weight excluding hydrogens is 466 g/mol. The number of methoxy groups -OCH3 is 2. The lowest BCUT2D eigenvalue weighted by Crippen LogP contribution is -2.08. The van der Waals surface area contributed by atoms with E-state index < -0.39 is 0 Å². The molecule has 5 rings (SSSR count). The number of aromatic nitrogens is 3. The highest BCUT2D eigenvalue weighted by atomic mass is 32.2. The van der Waals surface area contributed by atoms with Gasteiger partial charge in [-0.1, -0.05) is 48.2 Å². The summed E-state index contributed by atoms with van der Waals surface area (Å²) in [7, 11) is 3.11. The van der Waals surface area contributed by atoms with Crippen molar-refractivity contribution in [2.24, 2.45) is 0 Å². The summed E-state index contributed by atoms with van der Waals surface area (Å²) < 4.78 is 23.6. The molecule has 0 N–H and O–H groups in total. The number of nitrogens with zero attached hydrogens (tertiary/aromatic N) is 3. The molecule has 0 saturated heterocycles. The van der Waals surface area contributed by atoms with Gasteiger partial charge in [0.15, 0.2) is 28.3 Å². The minimum absolute atomic E-state index is 0.0929. The van der Waals surface area contributed by atoms with E-state index >= 15 is 0 Å². The van der Waals surface area contributed by atoms with Gasteiger partial charge in [-0.05, 0) is 35.9 Å². The largest absolute Gasteiger partial charge is 0.497 e. The lowest BCUT2D eigenvalue weighted by atomic mass is 10.1. The Morgan fingerprint density at radius 3 is 2.60 bits per heavy atom. The molecule has 178 valence electrons. The first-order chi connectivity index (χ1) is 17.2. The van der Waals surface area contributed by atoms with Crippen molar-refractivity contribution >= 4 is 17.5 Å². The first kappa shape index (κ1) is 22.8. The number of hydrogen-bond donors (Lipinski definition) is 0. The molecule has 0 fully saturated rings. The highest BCUT2D eigenvalue weighted by Crippen LogP contribution is 2.34. The fraction of sp³-hybridized carbons (Fsp3) is 0.192. The van der Waals surface area contributed by atoms with Crippen LogP contribution in [0, 0.1) is 0 Å². The Morgan fingerprint density at radius 2 is 1.80 bits per heavy atom. The highest BCUT2D eigenvalue weighted by molar-refractivity contribution is 7.99. The van der Waals surface area contributed by atoms with Crippen LogP contribution in [0.2, 0.25) is 0 Å². The topological polar surface area (TPSA) is 84.7 Å². The molecule has 9 heteroatoms. The van der Waals surface area contributed by atoms with Crippen LogP contribution in [0.15, 0.2) is 71.9 Å². The van der Waals surface area contributed by atoms with Gasteiger partial charge in [0.1, 0.15) is 11.5 Å². The van der Waals surface area contributed by atoms with E-state index in [0.29, 0.717) is 34.5 Å². The van der Waals surface area contributed by atoms with Crippen LogP contribution in [0.5, 0.6) is 23.0 Å². The molecule has 1 aliphatic heterocycles. The van der Waals surface area contributed by atoms with Crippen molar-refractivity contribution in [2.45, 2.75) is 11.7 Å². The molecule has 0 atom stereocenters. The van der Waals surface area contributed by atoms with Crippen molar-refractivity contribution in [1.82, 2.24) is 14.8 Å². The molecule has 0 bridgehead atoms. The molecule has 0 radical (unpaired) electrons. The number of Topliss-reactive ketones (excluding diaryl/α,β-unsaturated/α-hetero) is 1. The van der Waals surface area contributed by atoms with Crippen LogP contribution >= 0.6 is 11.8 Å². The van der Waals surface area contributed by atoms with Gasteiger partial charge in [-0.15, -0.1) is 10.2 Å². The lowest BCUT2D eigenvalue weighted by molar-refractivity contribution is 0.101. The van der Waals surface area contributed by atoms with E-state index in [4.69, 9.17) is 18.9 Å². The number of carbonyl (C=O) groups is 1. The maximum absolute atomic E-state index is 13.1. The molecule has 3 aromatic carbocycles. The van der Waals surface area contributed by atoms with Crippen molar-refractivity contribution in [1.29, 1.82) is 0 Å². The average Bonchev–Trinajstić information content (AvgIpc) is 3.54. The molecule has 2 heterocycles. The zero-order valence-electron chi connectivity index (χ0n) is 19.3. The van der Waals surface area contributed by atoms with Gasteiger partial charge in [-0.2, -0.15) is 0 Å². The van der Waals surface area contributed by atoms with Gasteiger partial charge in [-0.3, -0.25) is 9.36 Å². The summed E-state index contributed by atoms with van der Waals surface area (Å²) in [4.78, 5) is 13.1. The number of fused-ring (bicyclic) bond motifs is 1. The van der Waals surface area contributed by atoms with Gasteiger partial charge in [0.05, 0.1) is 32.1 Å². The molecule has 0 saturated carbocycles. The molecule has 1 aliphatic rings. The maximum Gasteiger partial charge on any atom is 0.231 e. The number of ether oxygens (including phenoxy) is 4. The van der Waals surface area contributed by atoms with Gasteiger partial charge in [-0.25, -0.2) is 0 Å². The first-order valence-corrected chi connectivity index (χ1v) is 11.9. The summed E-state index contributed by atoms with van der Waals surface area (Å²) in [6.45, 7) is 0.727. The molecular formula is C26H23N3O5S. The lowest BCUT2D eigenvalue weighted by Gasteiger charge is -2.12. The van der Waals surface area contributed by atoms with Gasteiger partial charge in [0.2, 0.25) is 6.79 Å². The second kappa shape index (κ2) is 10.1. The van der Waals surface area contributed by atoms with Crippen LogP contribution in [0.4, 0.5) is 0 Å². The monoisotopic (exact) mass is 489 g/mol. The summed E-state index contributed by atoms with van der Waals surface area (Å²) in [5.41, 5.74) is 2.41. The number of hydrogen-bond acceptors (Lipinski definition) is 8. The molecule has 0 unspecified atom stereocenters. The third-order valence-electron chi connectivity index (χ3n) is 5.57. The van der Waals surface area contributed by atoms with E-state index in [-0.39, 0.29) is 18.3 Å². The molecule has 8 nitrogen and oxygen atoms in total.